The zero-order chi connectivity index (χ0) is 18.6. The largest absolute Gasteiger partial charge is 0.342 e. The van der Waals surface area contributed by atoms with E-state index in [4.69, 9.17) is 0 Å². The zero-order valence-electron chi connectivity index (χ0n) is 14.6. The average Bonchev–Trinajstić information content (AvgIpc) is 3.11. The maximum absolute atomic E-state index is 12.9. The van der Waals surface area contributed by atoms with Gasteiger partial charge in [0.15, 0.2) is 0 Å². The lowest BCUT2D eigenvalue weighted by Crippen LogP contribution is -2.11. The Morgan fingerprint density at radius 1 is 0.926 bits per heavy atom. The Labute approximate surface area is 156 Å². The highest BCUT2D eigenvalue weighted by Gasteiger charge is 2.07. The number of para-hydroxylation sites is 2. The van der Waals surface area contributed by atoms with E-state index in [1.165, 1.54) is 24.3 Å². The molecule has 0 radical (unpaired) electrons. The first kappa shape index (κ1) is 17.0. The van der Waals surface area contributed by atoms with Crippen molar-refractivity contribution in [2.75, 3.05) is 5.32 Å². The summed E-state index contributed by atoms with van der Waals surface area (Å²) in [6.45, 7) is 0. The molecule has 0 unspecified atom stereocenters. The van der Waals surface area contributed by atoms with Crippen LogP contribution in [0.4, 0.5) is 10.1 Å². The van der Waals surface area contributed by atoms with E-state index in [1.807, 2.05) is 48.5 Å². The van der Waals surface area contributed by atoms with Crippen molar-refractivity contribution in [2.24, 2.45) is 0 Å². The zero-order valence-corrected chi connectivity index (χ0v) is 14.6. The van der Waals surface area contributed by atoms with Gasteiger partial charge in [-0.2, -0.15) is 0 Å². The molecule has 1 heterocycles. The van der Waals surface area contributed by atoms with E-state index >= 15 is 0 Å². The van der Waals surface area contributed by atoms with Gasteiger partial charge in [0, 0.05) is 17.7 Å². The van der Waals surface area contributed by atoms with E-state index < -0.39 is 0 Å². The molecular weight excluding hydrogens is 341 g/mol. The van der Waals surface area contributed by atoms with Crippen molar-refractivity contribution < 1.29 is 9.18 Å². The molecule has 4 aromatic rings. The molecular formula is C22H18FN3O. The first-order valence-corrected chi connectivity index (χ1v) is 8.77. The van der Waals surface area contributed by atoms with Crippen LogP contribution in [0.15, 0.2) is 72.8 Å². The second-order valence-electron chi connectivity index (χ2n) is 6.36. The standard InChI is InChI=1S/C22H18FN3O/c23-17-10-8-16(9-11-17)22(27)24-18-12-5-15(6-13-18)7-14-21-25-19-3-1-2-4-20(19)26-21/h1-6,8-13H,7,14H2,(H,24,27)(H,25,26). The van der Waals surface area contributed by atoms with Crippen LogP contribution in [0.2, 0.25) is 0 Å². The van der Waals surface area contributed by atoms with E-state index in [0.29, 0.717) is 11.3 Å². The number of imidazole rings is 1. The van der Waals surface area contributed by atoms with E-state index in [9.17, 15) is 9.18 Å². The number of H-pyrrole nitrogens is 1. The summed E-state index contributed by atoms with van der Waals surface area (Å²) in [6, 6.07) is 21.2. The molecule has 0 fully saturated rings. The summed E-state index contributed by atoms with van der Waals surface area (Å²) >= 11 is 0. The van der Waals surface area contributed by atoms with Crippen LogP contribution < -0.4 is 5.32 Å². The van der Waals surface area contributed by atoms with Crippen LogP contribution in [0.5, 0.6) is 0 Å². The number of nitrogens with zero attached hydrogens (tertiary/aromatic N) is 1. The highest BCUT2D eigenvalue weighted by atomic mass is 19.1. The SMILES string of the molecule is O=C(Nc1ccc(CCc2nc3ccccc3[nH]2)cc1)c1ccc(F)cc1. The normalized spacial score (nSPS) is 10.9. The van der Waals surface area contributed by atoms with Crippen LogP contribution >= 0.6 is 0 Å². The van der Waals surface area contributed by atoms with Crippen molar-refractivity contribution in [3.63, 3.8) is 0 Å². The Morgan fingerprint density at radius 3 is 2.41 bits per heavy atom. The molecule has 0 bridgehead atoms. The second-order valence-corrected chi connectivity index (χ2v) is 6.36. The van der Waals surface area contributed by atoms with Crippen LogP contribution in [0.25, 0.3) is 11.0 Å². The van der Waals surface area contributed by atoms with Gasteiger partial charge >= 0.3 is 0 Å². The van der Waals surface area contributed by atoms with Gasteiger partial charge in [-0.3, -0.25) is 4.79 Å². The van der Waals surface area contributed by atoms with E-state index in [2.05, 4.69) is 15.3 Å². The van der Waals surface area contributed by atoms with Crippen molar-refractivity contribution in [3.8, 4) is 0 Å². The monoisotopic (exact) mass is 359 g/mol. The Kier molecular flexibility index (Phi) is 4.66. The summed E-state index contributed by atoms with van der Waals surface area (Å²) in [6.07, 6.45) is 1.67. The molecule has 4 nitrogen and oxygen atoms in total. The van der Waals surface area contributed by atoms with Gasteiger partial charge in [-0.1, -0.05) is 24.3 Å². The van der Waals surface area contributed by atoms with Gasteiger partial charge in [0.1, 0.15) is 11.6 Å². The van der Waals surface area contributed by atoms with Crippen molar-refractivity contribution in [3.05, 3.63) is 95.6 Å². The molecule has 5 heteroatoms. The van der Waals surface area contributed by atoms with Gasteiger partial charge < -0.3 is 10.3 Å². The number of nitrogens with one attached hydrogen (secondary N) is 2. The topological polar surface area (TPSA) is 57.8 Å². The molecule has 2 N–H and O–H groups in total. The van der Waals surface area contributed by atoms with Gasteiger partial charge in [-0.25, -0.2) is 9.37 Å². The summed E-state index contributed by atoms with van der Waals surface area (Å²) in [5, 5.41) is 2.82. The number of rotatable bonds is 5. The number of fused-ring (bicyclic) bond motifs is 1. The Balaban J connectivity index is 1.37. The van der Waals surface area contributed by atoms with Crippen LogP contribution in [0, 0.1) is 5.82 Å². The number of carbonyl (C=O) groups excluding carboxylic acids is 1. The van der Waals surface area contributed by atoms with Gasteiger partial charge in [0.2, 0.25) is 0 Å². The lowest BCUT2D eigenvalue weighted by atomic mass is 10.1. The minimum Gasteiger partial charge on any atom is -0.342 e. The predicted molar refractivity (Wildman–Crippen MR) is 104 cm³/mol. The van der Waals surface area contributed by atoms with Crippen LogP contribution in [0.1, 0.15) is 21.7 Å². The molecule has 0 spiro atoms. The molecule has 0 aliphatic carbocycles. The molecule has 1 amide bonds. The molecule has 1 aromatic heterocycles. The van der Waals surface area contributed by atoms with Crippen molar-refractivity contribution in [1.82, 2.24) is 9.97 Å². The molecule has 4 rings (SSSR count). The third kappa shape index (κ3) is 4.03. The van der Waals surface area contributed by atoms with Crippen molar-refractivity contribution >= 4 is 22.6 Å². The molecule has 0 saturated carbocycles. The first-order valence-electron chi connectivity index (χ1n) is 8.77. The lowest BCUT2D eigenvalue weighted by Gasteiger charge is -2.06. The molecule has 0 aliphatic rings. The van der Waals surface area contributed by atoms with Crippen LogP contribution in [-0.2, 0) is 12.8 Å². The Hall–Kier alpha value is -3.47. The maximum atomic E-state index is 12.9. The molecule has 0 aliphatic heterocycles. The van der Waals surface area contributed by atoms with Gasteiger partial charge in [-0.15, -0.1) is 0 Å². The molecule has 0 atom stereocenters. The molecule has 0 saturated heterocycles. The number of hydrogen-bond donors (Lipinski definition) is 2. The first-order chi connectivity index (χ1) is 13.2. The fourth-order valence-corrected chi connectivity index (χ4v) is 2.95. The number of anilines is 1. The van der Waals surface area contributed by atoms with Crippen LogP contribution in [0.3, 0.4) is 0 Å². The number of hydrogen-bond acceptors (Lipinski definition) is 2. The number of benzene rings is 3. The van der Waals surface area contributed by atoms with Gasteiger partial charge in [-0.05, 0) is 60.5 Å². The smallest absolute Gasteiger partial charge is 0.255 e. The third-order valence-electron chi connectivity index (χ3n) is 4.41. The quantitative estimate of drug-likeness (QED) is 0.541. The molecule has 27 heavy (non-hydrogen) atoms. The third-order valence-corrected chi connectivity index (χ3v) is 4.41. The Bertz CT molecular complexity index is 1040. The molecule has 3 aromatic carbocycles. The number of carbonyl (C=O) groups is 1. The van der Waals surface area contributed by atoms with Gasteiger partial charge in [0.05, 0.1) is 11.0 Å². The van der Waals surface area contributed by atoms with Crippen LogP contribution in [-0.4, -0.2) is 15.9 Å². The van der Waals surface area contributed by atoms with E-state index in [-0.39, 0.29) is 11.7 Å². The van der Waals surface area contributed by atoms with Crippen molar-refractivity contribution in [2.45, 2.75) is 12.8 Å². The minimum absolute atomic E-state index is 0.259. The Morgan fingerprint density at radius 2 is 1.67 bits per heavy atom. The summed E-state index contributed by atoms with van der Waals surface area (Å²) in [5.41, 5.74) is 4.31. The predicted octanol–water partition coefficient (Wildman–Crippen LogP) is 4.74. The summed E-state index contributed by atoms with van der Waals surface area (Å²) < 4.78 is 12.9. The number of aromatic nitrogens is 2. The summed E-state index contributed by atoms with van der Waals surface area (Å²) in [5.74, 6) is 0.343. The fraction of sp³-hybridized carbons (Fsp3) is 0.0909. The van der Waals surface area contributed by atoms with Crippen molar-refractivity contribution in [1.29, 1.82) is 0 Å². The average molecular weight is 359 g/mol. The van der Waals surface area contributed by atoms with E-state index in [0.717, 1.165) is 35.3 Å². The number of aromatic amines is 1. The van der Waals surface area contributed by atoms with E-state index in [1.54, 1.807) is 0 Å². The highest BCUT2D eigenvalue weighted by Crippen LogP contribution is 2.15. The lowest BCUT2D eigenvalue weighted by molar-refractivity contribution is 0.102. The minimum atomic E-state index is -0.361. The number of amides is 1. The highest BCUT2D eigenvalue weighted by molar-refractivity contribution is 6.04. The second kappa shape index (κ2) is 7.41. The number of aryl methyl sites for hydroxylation is 2. The molecule has 134 valence electrons. The van der Waals surface area contributed by atoms with Gasteiger partial charge in [0.25, 0.3) is 5.91 Å². The summed E-state index contributed by atoms with van der Waals surface area (Å²) in [4.78, 5) is 20.1. The maximum Gasteiger partial charge on any atom is 0.255 e. The number of halogens is 1. The fourth-order valence-electron chi connectivity index (χ4n) is 2.95. The summed E-state index contributed by atoms with van der Waals surface area (Å²) in [7, 11) is 0.